The first-order valence-corrected chi connectivity index (χ1v) is 8.73. The van der Waals surface area contributed by atoms with Crippen LogP contribution < -0.4 is 10.6 Å². The van der Waals surface area contributed by atoms with Crippen LogP contribution in [-0.4, -0.2) is 19.1 Å². The summed E-state index contributed by atoms with van der Waals surface area (Å²) in [5, 5.41) is 0. The van der Waals surface area contributed by atoms with Crippen LogP contribution in [0.25, 0.3) is 0 Å². The molecule has 0 amide bonds. The van der Waals surface area contributed by atoms with Gasteiger partial charge in [-0.25, -0.2) is 0 Å². The van der Waals surface area contributed by atoms with Crippen LogP contribution in [0.15, 0.2) is 24.3 Å². The van der Waals surface area contributed by atoms with Crippen LogP contribution >= 0.6 is 0 Å². The third kappa shape index (κ3) is 3.26. The van der Waals surface area contributed by atoms with E-state index < -0.39 is 0 Å². The molecule has 116 valence electrons. The van der Waals surface area contributed by atoms with Gasteiger partial charge in [0.1, 0.15) is 0 Å². The summed E-state index contributed by atoms with van der Waals surface area (Å²) in [6.45, 7) is 7.10. The molecule has 2 nitrogen and oxygen atoms in total. The molecule has 21 heavy (non-hydrogen) atoms. The second kappa shape index (κ2) is 6.39. The maximum absolute atomic E-state index is 6.51. The lowest BCUT2D eigenvalue weighted by Crippen LogP contribution is -2.47. The SMILES string of the molecule is CC1CC(C)C(CN2CCCCc3ccccc32)C(N)C1. The molecule has 0 saturated heterocycles. The Morgan fingerprint density at radius 2 is 1.95 bits per heavy atom. The molecule has 3 rings (SSSR count). The van der Waals surface area contributed by atoms with Gasteiger partial charge in [0.2, 0.25) is 0 Å². The molecule has 1 heterocycles. The lowest BCUT2D eigenvalue weighted by atomic mass is 9.72. The van der Waals surface area contributed by atoms with Gasteiger partial charge in [0.15, 0.2) is 0 Å². The minimum atomic E-state index is 0.374. The first kappa shape index (κ1) is 14.9. The highest BCUT2D eigenvalue weighted by molar-refractivity contribution is 5.54. The first-order chi connectivity index (χ1) is 10.1. The lowest BCUT2D eigenvalue weighted by Gasteiger charge is -2.41. The molecule has 4 unspecified atom stereocenters. The maximum atomic E-state index is 6.51. The van der Waals surface area contributed by atoms with Gasteiger partial charge in [-0.05, 0) is 61.5 Å². The Balaban J connectivity index is 1.78. The highest BCUT2D eigenvalue weighted by Gasteiger charge is 2.33. The van der Waals surface area contributed by atoms with Crippen molar-refractivity contribution >= 4 is 5.69 Å². The van der Waals surface area contributed by atoms with E-state index in [1.807, 2.05) is 0 Å². The summed E-state index contributed by atoms with van der Waals surface area (Å²) < 4.78 is 0. The molecule has 1 aromatic rings. The van der Waals surface area contributed by atoms with Crippen LogP contribution in [0.3, 0.4) is 0 Å². The van der Waals surface area contributed by atoms with Gasteiger partial charge < -0.3 is 10.6 Å². The first-order valence-electron chi connectivity index (χ1n) is 8.73. The van der Waals surface area contributed by atoms with Gasteiger partial charge in [-0.15, -0.1) is 0 Å². The summed E-state index contributed by atoms with van der Waals surface area (Å²) in [5.74, 6) is 2.19. The minimum Gasteiger partial charge on any atom is -0.371 e. The van der Waals surface area contributed by atoms with Gasteiger partial charge >= 0.3 is 0 Å². The van der Waals surface area contributed by atoms with Crippen molar-refractivity contribution in [2.45, 2.75) is 52.0 Å². The van der Waals surface area contributed by atoms with Gasteiger partial charge in [-0.1, -0.05) is 32.0 Å². The van der Waals surface area contributed by atoms with Gasteiger partial charge in [-0.2, -0.15) is 0 Å². The predicted octanol–water partition coefficient (Wildman–Crippen LogP) is 3.84. The van der Waals surface area contributed by atoms with E-state index in [2.05, 4.69) is 43.0 Å². The Labute approximate surface area is 129 Å². The Morgan fingerprint density at radius 3 is 2.76 bits per heavy atom. The zero-order chi connectivity index (χ0) is 14.8. The van der Waals surface area contributed by atoms with Crippen LogP contribution in [0.4, 0.5) is 5.69 Å². The second-order valence-electron chi connectivity index (χ2n) is 7.41. The molecule has 1 aliphatic carbocycles. The lowest BCUT2D eigenvalue weighted by molar-refractivity contribution is 0.177. The predicted molar refractivity (Wildman–Crippen MR) is 90.6 cm³/mol. The van der Waals surface area contributed by atoms with Crippen molar-refractivity contribution < 1.29 is 0 Å². The molecular formula is C19H30N2. The number of hydrogen-bond donors (Lipinski definition) is 1. The summed E-state index contributed by atoms with van der Waals surface area (Å²) in [4.78, 5) is 2.62. The number of rotatable bonds is 2. The molecule has 2 aliphatic rings. The topological polar surface area (TPSA) is 29.3 Å². The molecule has 4 atom stereocenters. The quantitative estimate of drug-likeness (QED) is 0.895. The summed E-state index contributed by atoms with van der Waals surface area (Å²) in [6.07, 6.45) is 6.40. The van der Waals surface area contributed by atoms with Crippen molar-refractivity contribution in [2.24, 2.45) is 23.5 Å². The summed E-state index contributed by atoms with van der Waals surface area (Å²) >= 11 is 0. The Bertz CT molecular complexity index is 458. The second-order valence-corrected chi connectivity index (χ2v) is 7.41. The fourth-order valence-corrected chi connectivity index (χ4v) is 4.50. The van der Waals surface area contributed by atoms with E-state index in [1.165, 1.54) is 49.9 Å². The highest BCUT2D eigenvalue weighted by Crippen LogP contribution is 2.35. The highest BCUT2D eigenvalue weighted by atomic mass is 15.1. The van der Waals surface area contributed by atoms with E-state index >= 15 is 0 Å². The van der Waals surface area contributed by atoms with Crippen LogP contribution in [0.1, 0.15) is 45.1 Å². The molecule has 2 N–H and O–H groups in total. The zero-order valence-electron chi connectivity index (χ0n) is 13.6. The fraction of sp³-hybridized carbons (Fsp3) is 0.684. The van der Waals surface area contributed by atoms with Gasteiger partial charge in [-0.3, -0.25) is 0 Å². The monoisotopic (exact) mass is 286 g/mol. The summed E-state index contributed by atoms with van der Waals surface area (Å²) in [6, 6.07) is 9.35. The van der Waals surface area contributed by atoms with Crippen LogP contribution in [0.2, 0.25) is 0 Å². The average Bonchev–Trinajstić information content (AvgIpc) is 2.65. The van der Waals surface area contributed by atoms with E-state index in [9.17, 15) is 0 Å². The van der Waals surface area contributed by atoms with E-state index in [0.717, 1.165) is 18.4 Å². The number of hydrogen-bond acceptors (Lipinski definition) is 2. The molecule has 0 aromatic heterocycles. The molecule has 2 heteroatoms. The minimum absolute atomic E-state index is 0.374. The molecule has 0 radical (unpaired) electrons. The van der Waals surface area contributed by atoms with Crippen molar-refractivity contribution in [3.8, 4) is 0 Å². The number of para-hydroxylation sites is 1. The Hall–Kier alpha value is -1.02. The molecular weight excluding hydrogens is 256 g/mol. The zero-order valence-corrected chi connectivity index (χ0v) is 13.6. The number of nitrogens with zero attached hydrogens (tertiary/aromatic N) is 1. The normalized spacial score (nSPS) is 33.4. The molecule has 1 aromatic carbocycles. The molecule has 1 saturated carbocycles. The van der Waals surface area contributed by atoms with E-state index in [1.54, 1.807) is 0 Å². The van der Waals surface area contributed by atoms with Crippen molar-refractivity contribution in [3.63, 3.8) is 0 Å². The molecule has 1 fully saturated rings. The standard InChI is InChI=1S/C19H30N2/c1-14-11-15(2)17(18(20)12-14)13-21-10-6-5-8-16-7-3-4-9-19(16)21/h3-4,7,9,14-15,17-18H,5-6,8,10-13,20H2,1-2H3. The third-order valence-electron chi connectivity index (χ3n) is 5.62. The van der Waals surface area contributed by atoms with E-state index in [0.29, 0.717) is 12.0 Å². The van der Waals surface area contributed by atoms with Crippen LogP contribution in [0, 0.1) is 17.8 Å². The van der Waals surface area contributed by atoms with Crippen molar-refractivity contribution in [1.82, 2.24) is 0 Å². The van der Waals surface area contributed by atoms with Gasteiger partial charge in [0.25, 0.3) is 0 Å². The summed E-state index contributed by atoms with van der Waals surface area (Å²) in [5.41, 5.74) is 9.50. The number of anilines is 1. The molecule has 1 aliphatic heterocycles. The number of benzene rings is 1. The van der Waals surface area contributed by atoms with Gasteiger partial charge in [0.05, 0.1) is 0 Å². The van der Waals surface area contributed by atoms with Crippen molar-refractivity contribution in [3.05, 3.63) is 29.8 Å². The van der Waals surface area contributed by atoms with Crippen molar-refractivity contribution in [2.75, 3.05) is 18.0 Å². The maximum Gasteiger partial charge on any atom is 0.0398 e. The average molecular weight is 286 g/mol. The Morgan fingerprint density at radius 1 is 1.14 bits per heavy atom. The fourth-order valence-electron chi connectivity index (χ4n) is 4.50. The van der Waals surface area contributed by atoms with Crippen LogP contribution in [0.5, 0.6) is 0 Å². The molecule has 0 spiro atoms. The number of aryl methyl sites for hydroxylation is 1. The van der Waals surface area contributed by atoms with Gasteiger partial charge in [0, 0.05) is 24.8 Å². The smallest absolute Gasteiger partial charge is 0.0398 e. The number of fused-ring (bicyclic) bond motifs is 1. The summed E-state index contributed by atoms with van der Waals surface area (Å²) in [7, 11) is 0. The van der Waals surface area contributed by atoms with E-state index in [4.69, 9.17) is 5.73 Å². The third-order valence-corrected chi connectivity index (χ3v) is 5.62. The van der Waals surface area contributed by atoms with Crippen molar-refractivity contribution in [1.29, 1.82) is 0 Å². The largest absolute Gasteiger partial charge is 0.371 e. The van der Waals surface area contributed by atoms with E-state index in [-0.39, 0.29) is 0 Å². The molecule has 0 bridgehead atoms. The Kier molecular flexibility index (Phi) is 4.54. The number of nitrogens with two attached hydrogens (primary N) is 1. The van der Waals surface area contributed by atoms with Crippen LogP contribution in [-0.2, 0) is 6.42 Å².